The van der Waals surface area contributed by atoms with Crippen LogP contribution in [0.25, 0.3) is 10.9 Å². The number of halogens is 1. The Morgan fingerprint density at radius 1 is 1.33 bits per heavy atom. The van der Waals surface area contributed by atoms with Gasteiger partial charge >= 0.3 is 0 Å². The fourth-order valence-electron chi connectivity index (χ4n) is 2.24. The molecule has 0 spiro atoms. The average molecular weight is 371 g/mol. The van der Waals surface area contributed by atoms with Crippen LogP contribution in [-0.4, -0.2) is 41.5 Å². The van der Waals surface area contributed by atoms with Gasteiger partial charge in [-0.25, -0.2) is 0 Å². The molecule has 0 bridgehead atoms. The van der Waals surface area contributed by atoms with E-state index in [0.29, 0.717) is 12.1 Å². The molecule has 0 saturated carbocycles. The maximum Gasteiger partial charge on any atom is 0.241 e. The van der Waals surface area contributed by atoms with Crippen molar-refractivity contribution in [3.8, 4) is 0 Å². The highest BCUT2D eigenvalue weighted by molar-refractivity contribution is 7.98. The first-order chi connectivity index (χ1) is 11.0. The van der Waals surface area contributed by atoms with Crippen molar-refractivity contribution < 1.29 is 9.59 Å². The van der Waals surface area contributed by atoms with E-state index in [4.69, 9.17) is 5.73 Å². The van der Waals surface area contributed by atoms with Gasteiger partial charge in [0.15, 0.2) is 0 Å². The zero-order valence-corrected chi connectivity index (χ0v) is 15.4. The van der Waals surface area contributed by atoms with Crippen LogP contribution in [0.2, 0.25) is 0 Å². The largest absolute Gasteiger partial charge is 0.358 e. The number of nitrogens with one attached hydrogen (secondary N) is 2. The van der Waals surface area contributed by atoms with E-state index in [0.717, 1.165) is 16.7 Å². The molecule has 1 aromatic heterocycles. The Hall–Kier alpha value is -1.70. The van der Waals surface area contributed by atoms with Gasteiger partial charge in [-0.1, -0.05) is 6.07 Å². The van der Waals surface area contributed by atoms with Gasteiger partial charge in [-0.2, -0.15) is 11.8 Å². The lowest BCUT2D eigenvalue weighted by Gasteiger charge is -2.12. The third-order valence-electron chi connectivity index (χ3n) is 3.60. The van der Waals surface area contributed by atoms with Crippen LogP contribution in [0.3, 0.4) is 0 Å². The van der Waals surface area contributed by atoms with Crippen LogP contribution in [0.5, 0.6) is 0 Å². The molecule has 132 valence electrons. The van der Waals surface area contributed by atoms with Crippen molar-refractivity contribution in [3.05, 3.63) is 30.5 Å². The number of nitrogens with two attached hydrogens (primary N) is 1. The van der Waals surface area contributed by atoms with Gasteiger partial charge in [0.05, 0.1) is 11.6 Å². The smallest absolute Gasteiger partial charge is 0.241 e. The van der Waals surface area contributed by atoms with Gasteiger partial charge in [0.2, 0.25) is 11.8 Å². The number of rotatable bonds is 7. The average Bonchev–Trinajstić information content (AvgIpc) is 2.94. The van der Waals surface area contributed by atoms with Gasteiger partial charge in [-0.3, -0.25) is 9.59 Å². The summed E-state index contributed by atoms with van der Waals surface area (Å²) in [5.41, 5.74) is 7.45. The minimum atomic E-state index is -0.518. The number of anilines is 1. The lowest BCUT2D eigenvalue weighted by molar-refractivity contribution is -0.121. The van der Waals surface area contributed by atoms with E-state index in [9.17, 15) is 9.59 Å². The van der Waals surface area contributed by atoms with Crippen LogP contribution in [0.15, 0.2) is 30.5 Å². The second kappa shape index (κ2) is 9.56. The monoisotopic (exact) mass is 370 g/mol. The SMILES string of the molecule is CNC(=O)Cn1ccc2ccc(NC(=O)[C@@H](N)CCSC)cc21.Cl. The summed E-state index contributed by atoms with van der Waals surface area (Å²) >= 11 is 1.67. The number of benzene rings is 1. The molecule has 0 aliphatic rings. The van der Waals surface area contributed by atoms with Gasteiger partial charge in [0.1, 0.15) is 6.54 Å². The number of hydrogen-bond acceptors (Lipinski definition) is 4. The topological polar surface area (TPSA) is 89.2 Å². The van der Waals surface area contributed by atoms with E-state index >= 15 is 0 Å². The van der Waals surface area contributed by atoms with E-state index in [2.05, 4.69) is 10.6 Å². The molecule has 0 radical (unpaired) electrons. The van der Waals surface area contributed by atoms with E-state index in [1.54, 1.807) is 18.8 Å². The fourth-order valence-corrected chi connectivity index (χ4v) is 2.73. The predicted molar refractivity (Wildman–Crippen MR) is 103 cm³/mol. The van der Waals surface area contributed by atoms with Crippen molar-refractivity contribution in [1.82, 2.24) is 9.88 Å². The third-order valence-corrected chi connectivity index (χ3v) is 4.25. The second-order valence-electron chi connectivity index (χ2n) is 5.27. The Morgan fingerprint density at radius 3 is 2.75 bits per heavy atom. The molecule has 24 heavy (non-hydrogen) atoms. The zero-order chi connectivity index (χ0) is 16.8. The fraction of sp³-hybridized carbons (Fsp3) is 0.375. The Morgan fingerprint density at radius 2 is 2.08 bits per heavy atom. The van der Waals surface area contributed by atoms with Crippen LogP contribution in [0.4, 0.5) is 5.69 Å². The van der Waals surface area contributed by atoms with Gasteiger partial charge in [-0.15, -0.1) is 12.4 Å². The molecule has 0 aliphatic carbocycles. The van der Waals surface area contributed by atoms with Crippen LogP contribution in [0, 0.1) is 0 Å². The van der Waals surface area contributed by atoms with Crippen molar-refractivity contribution in [3.63, 3.8) is 0 Å². The standard InChI is InChI=1S/C16H22N4O2S.ClH/c1-18-15(21)10-20-7-5-11-3-4-12(9-14(11)20)19-16(22)13(17)6-8-23-2;/h3-5,7,9,13H,6,8,10,17H2,1-2H3,(H,18,21)(H,19,22);1H/t13-;/m0./s1. The Balaban J connectivity index is 0.00000288. The van der Waals surface area contributed by atoms with E-state index in [1.165, 1.54) is 0 Å². The van der Waals surface area contributed by atoms with Crippen LogP contribution in [0.1, 0.15) is 6.42 Å². The number of carbonyl (C=O) groups excluding carboxylic acids is 2. The zero-order valence-electron chi connectivity index (χ0n) is 13.7. The summed E-state index contributed by atoms with van der Waals surface area (Å²) in [6, 6.07) is 7.03. The van der Waals surface area contributed by atoms with Crippen LogP contribution >= 0.6 is 24.2 Å². The molecule has 8 heteroatoms. The molecular formula is C16H23ClN4O2S. The lowest BCUT2D eigenvalue weighted by atomic mass is 10.2. The van der Waals surface area contributed by atoms with Crippen molar-refractivity contribution in [1.29, 1.82) is 0 Å². The van der Waals surface area contributed by atoms with Crippen molar-refractivity contribution in [2.24, 2.45) is 5.73 Å². The first-order valence-corrected chi connectivity index (χ1v) is 8.79. The third kappa shape index (κ3) is 5.15. The molecular weight excluding hydrogens is 348 g/mol. The normalized spacial score (nSPS) is 11.6. The molecule has 1 atom stereocenters. The molecule has 1 heterocycles. The van der Waals surface area contributed by atoms with Gasteiger partial charge in [0, 0.05) is 18.9 Å². The molecule has 0 aliphatic heterocycles. The van der Waals surface area contributed by atoms with Crippen LogP contribution < -0.4 is 16.4 Å². The number of nitrogens with zero attached hydrogens (tertiary/aromatic N) is 1. The van der Waals surface area contributed by atoms with E-state index < -0.39 is 6.04 Å². The number of aromatic nitrogens is 1. The number of amides is 2. The molecule has 2 amide bonds. The summed E-state index contributed by atoms with van der Waals surface area (Å²) in [6.07, 6.45) is 4.48. The summed E-state index contributed by atoms with van der Waals surface area (Å²) in [6.45, 7) is 0.241. The van der Waals surface area contributed by atoms with Gasteiger partial charge < -0.3 is 20.9 Å². The van der Waals surface area contributed by atoms with Crippen LogP contribution in [-0.2, 0) is 16.1 Å². The molecule has 0 saturated heterocycles. The summed E-state index contributed by atoms with van der Waals surface area (Å²) < 4.78 is 1.84. The first-order valence-electron chi connectivity index (χ1n) is 7.40. The number of carbonyl (C=O) groups is 2. The number of likely N-dealkylation sites (N-methyl/N-ethyl adjacent to an activating group) is 1. The Labute approximate surface area is 151 Å². The Bertz CT molecular complexity index is 704. The van der Waals surface area contributed by atoms with E-state index in [1.807, 2.05) is 41.3 Å². The molecule has 0 unspecified atom stereocenters. The molecule has 6 nitrogen and oxygen atoms in total. The quantitative estimate of drug-likeness (QED) is 0.693. The molecule has 4 N–H and O–H groups in total. The van der Waals surface area contributed by atoms with Gasteiger partial charge in [0.25, 0.3) is 0 Å². The minimum Gasteiger partial charge on any atom is -0.358 e. The number of fused-ring (bicyclic) bond motifs is 1. The Kier molecular flexibility index (Phi) is 8.10. The van der Waals surface area contributed by atoms with Gasteiger partial charge in [-0.05, 0) is 42.0 Å². The summed E-state index contributed by atoms with van der Waals surface area (Å²) in [7, 11) is 1.61. The summed E-state index contributed by atoms with van der Waals surface area (Å²) in [5.74, 6) is 0.585. The highest BCUT2D eigenvalue weighted by Gasteiger charge is 2.13. The minimum absolute atomic E-state index is 0. The molecule has 2 aromatic rings. The first kappa shape index (κ1) is 20.3. The maximum absolute atomic E-state index is 12.1. The highest BCUT2D eigenvalue weighted by Crippen LogP contribution is 2.21. The van der Waals surface area contributed by atoms with Crippen molar-refractivity contribution >= 4 is 52.6 Å². The van der Waals surface area contributed by atoms with Crippen molar-refractivity contribution in [2.45, 2.75) is 19.0 Å². The van der Waals surface area contributed by atoms with Crippen molar-refractivity contribution in [2.75, 3.05) is 24.4 Å². The predicted octanol–water partition coefficient (Wildman–Crippen LogP) is 1.83. The second-order valence-corrected chi connectivity index (χ2v) is 6.25. The molecule has 0 fully saturated rings. The number of thioether (sulfide) groups is 1. The summed E-state index contributed by atoms with van der Waals surface area (Å²) in [4.78, 5) is 23.6. The summed E-state index contributed by atoms with van der Waals surface area (Å²) in [5, 5.41) is 6.45. The number of hydrogen-bond donors (Lipinski definition) is 3. The molecule has 2 rings (SSSR count). The highest BCUT2D eigenvalue weighted by atomic mass is 35.5. The lowest BCUT2D eigenvalue weighted by Crippen LogP contribution is -2.36. The molecule has 1 aromatic carbocycles. The van der Waals surface area contributed by atoms with E-state index in [-0.39, 0.29) is 30.8 Å². The maximum atomic E-state index is 12.1.